The molecule has 16 heavy (non-hydrogen) atoms. The number of carbonyl (C=O) groups excluding carboxylic acids is 1. The van der Waals surface area contributed by atoms with Crippen LogP contribution in [0.2, 0.25) is 0 Å². The summed E-state index contributed by atoms with van der Waals surface area (Å²) in [5.74, 6) is 0. The van der Waals surface area contributed by atoms with Gasteiger partial charge < -0.3 is 9.47 Å². The Balaban J connectivity index is 2.83. The van der Waals surface area contributed by atoms with E-state index in [2.05, 4.69) is 6.58 Å². The van der Waals surface area contributed by atoms with Crippen LogP contribution in [0.3, 0.4) is 0 Å². The third kappa shape index (κ3) is 2.76. The molecule has 0 aliphatic carbocycles. The van der Waals surface area contributed by atoms with Gasteiger partial charge in [-0.15, -0.1) is 6.58 Å². The monoisotopic (exact) mass is 227 g/mol. The van der Waals surface area contributed by atoms with Gasteiger partial charge in [0.15, 0.2) is 0 Å². The smallest absolute Gasteiger partial charge is 0.413 e. The van der Waals surface area contributed by atoms with Gasteiger partial charge in [-0.25, -0.2) is 4.79 Å². The molecular weight excluding hydrogens is 206 g/mol. The average molecular weight is 227 g/mol. The second-order valence-corrected chi connectivity index (χ2v) is 5.41. The summed E-state index contributed by atoms with van der Waals surface area (Å²) in [5, 5.41) is 0. The predicted molar refractivity (Wildman–Crippen MR) is 62.1 cm³/mol. The Bertz CT molecular complexity index is 291. The zero-order valence-electron chi connectivity index (χ0n) is 10.7. The van der Waals surface area contributed by atoms with Crippen molar-refractivity contribution in [1.29, 1.82) is 0 Å². The van der Waals surface area contributed by atoms with E-state index in [0.717, 1.165) is 0 Å². The lowest BCUT2D eigenvalue weighted by Gasteiger charge is -2.34. The van der Waals surface area contributed by atoms with Crippen molar-refractivity contribution < 1.29 is 14.3 Å². The molecule has 1 atom stereocenters. The minimum absolute atomic E-state index is 0.121. The van der Waals surface area contributed by atoms with Crippen LogP contribution in [-0.4, -0.2) is 35.0 Å². The van der Waals surface area contributed by atoms with Gasteiger partial charge in [-0.3, -0.25) is 4.90 Å². The highest BCUT2D eigenvalue weighted by atomic mass is 16.6. The molecule has 0 bridgehead atoms. The Labute approximate surface area is 97.2 Å². The summed E-state index contributed by atoms with van der Waals surface area (Å²) in [7, 11) is 0. The Kier molecular flexibility index (Phi) is 3.33. The molecule has 0 N–H and O–H groups in total. The average Bonchev–Trinajstić information content (AvgIpc) is 2.37. The Hall–Kier alpha value is -1.03. The van der Waals surface area contributed by atoms with E-state index < -0.39 is 11.3 Å². The van der Waals surface area contributed by atoms with Crippen molar-refractivity contribution >= 4 is 6.09 Å². The van der Waals surface area contributed by atoms with Crippen LogP contribution < -0.4 is 0 Å². The minimum atomic E-state index is -0.638. The molecule has 1 fully saturated rings. The van der Waals surface area contributed by atoms with Crippen LogP contribution in [0.25, 0.3) is 0 Å². The molecule has 1 amide bonds. The highest BCUT2D eigenvalue weighted by Gasteiger charge is 2.44. The summed E-state index contributed by atoms with van der Waals surface area (Å²) in [6.45, 7) is 13.4. The van der Waals surface area contributed by atoms with E-state index in [1.54, 1.807) is 11.0 Å². The quantitative estimate of drug-likeness (QED) is 0.646. The molecular formula is C12H21NO3. The SMILES string of the molecule is C=C[C@@H]1COC(C)(C)N1C(=O)OC(C)(C)C. The molecule has 0 saturated carbocycles. The fourth-order valence-electron chi connectivity index (χ4n) is 1.67. The fraction of sp³-hybridized carbons (Fsp3) is 0.750. The molecule has 1 rings (SSSR count). The van der Waals surface area contributed by atoms with E-state index >= 15 is 0 Å². The summed E-state index contributed by atoms with van der Waals surface area (Å²) < 4.78 is 10.9. The molecule has 1 aliphatic rings. The van der Waals surface area contributed by atoms with Crippen LogP contribution >= 0.6 is 0 Å². The zero-order chi connectivity index (χ0) is 12.6. The molecule has 92 valence electrons. The highest BCUT2D eigenvalue weighted by Crippen LogP contribution is 2.29. The molecule has 0 unspecified atom stereocenters. The first-order valence-corrected chi connectivity index (χ1v) is 5.46. The van der Waals surface area contributed by atoms with Crippen molar-refractivity contribution in [2.45, 2.75) is 52.0 Å². The van der Waals surface area contributed by atoms with Crippen LogP contribution in [0.5, 0.6) is 0 Å². The topological polar surface area (TPSA) is 38.8 Å². The summed E-state index contributed by atoms with van der Waals surface area (Å²) in [4.78, 5) is 13.6. The van der Waals surface area contributed by atoms with Crippen molar-refractivity contribution in [2.24, 2.45) is 0 Å². The predicted octanol–water partition coefficient (Wildman–Crippen LogP) is 2.54. The van der Waals surface area contributed by atoms with Crippen molar-refractivity contribution in [3.05, 3.63) is 12.7 Å². The largest absolute Gasteiger partial charge is 0.444 e. The molecule has 4 nitrogen and oxygen atoms in total. The van der Waals surface area contributed by atoms with E-state index in [4.69, 9.17) is 9.47 Å². The van der Waals surface area contributed by atoms with Crippen molar-refractivity contribution in [3.8, 4) is 0 Å². The first kappa shape index (κ1) is 13.0. The van der Waals surface area contributed by atoms with Gasteiger partial charge in [0.25, 0.3) is 0 Å². The van der Waals surface area contributed by atoms with E-state index in [9.17, 15) is 4.79 Å². The van der Waals surface area contributed by atoms with Gasteiger partial charge >= 0.3 is 6.09 Å². The van der Waals surface area contributed by atoms with E-state index in [1.165, 1.54) is 0 Å². The first-order valence-electron chi connectivity index (χ1n) is 5.46. The minimum Gasteiger partial charge on any atom is -0.444 e. The van der Waals surface area contributed by atoms with Crippen molar-refractivity contribution in [1.82, 2.24) is 4.90 Å². The molecule has 1 aliphatic heterocycles. The van der Waals surface area contributed by atoms with Gasteiger partial charge in [-0.2, -0.15) is 0 Å². The standard InChI is InChI=1S/C12H21NO3/c1-7-9-8-15-12(5,6)13(9)10(14)16-11(2,3)4/h7,9H,1,8H2,2-6H3/t9-/m1/s1. The molecule has 1 saturated heterocycles. The lowest BCUT2D eigenvalue weighted by Crippen LogP contribution is -2.49. The summed E-state index contributed by atoms with van der Waals surface area (Å²) >= 11 is 0. The molecule has 0 spiro atoms. The molecule has 0 radical (unpaired) electrons. The Morgan fingerprint density at radius 2 is 2.12 bits per heavy atom. The maximum atomic E-state index is 12.0. The van der Waals surface area contributed by atoms with E-state index in [1.807, 2.05) is 34.6 Å². The molecule has 0 aromatic rings. The summed E-state index contributed by atoms with van der Waals surface area (Å²) in [5.41, 5.74) is -1.14. The van der Waals surface area contributed by atoms with Gasteiger partial charge in [-0.05, 0) is 34.6 Å². The molecule has 4 heteroatoms. The van der Waals surface area contributed by atoms with Gasteiger partial charge in [0.1, 0.15) is 11.3 Å². The zero-order valence-corrected chi connectivity index (χ0v) is 10.7. The number of ether oxygens (including phenoxy) is 2. The number of amides is 1. The maximum Gasteiger partial charge on any atom is 0.413 e. The number of nitrogens with zero attached hydrogens (tertiary/aromatic N) is 1. The van der Waals surface area contributed by atoms with Crippen LogP contribution in [0.1, 0.15) is 34.6 Å². The fourth-order valence-corrected chi connectivity index (χ4v) is 1.67. The number of hydrogen-bond donors (Lipinski definition) is 0. The number of carbonyl (C=O) groups is 1. The molecule has 1 heterocycles. The van der Waals surface area contributed by atoms with Crippen LogP contribution in [0.15, 0.2) is 12.7 Å². The van der Waals surface area contributed by atoms with Crippen LogP contribution in [-0.2, 0) is 9.47 Å². The second kappa shape index (κ2) is 4.09. The lowest BCUT2D eigenvalue weighted by molar-refractivity contribution is -0.0610. The van der Waals surface area contributed by atoms with Gasteiger partial charge in [0, 0.05) is 0 Å². The van der Waals surface area contributed by atoms with Gasteiger partial charge in [0.05, 0.1) is 12.6 Å². The highest BCUT2D eigenvalue weighted by molar-refractivity contribution is 5.70. The third-order valence-corrected chi connectivity index (χ3v) is 2.38. The summed E-state index contributed by atoms with van der Waals surface area (Å²) in [6.07, 6.45) is 1.35. The summed E-state index contributed by atoms with van der Waals surface area (Å²) in [6, 6.07) is -0.121. The van der Waals surface area contributed by atoms with Crippen molar-refractivity contribution in [3.63, 3.8) is 0 Å². The first-order chi connectivity index (χ1) is 7.17. The Morgan fingerprint density at radius 3 is 2.56 bits per heavy atom. The van der Waals surface area contributed by atoms with Gasteiger partial charge in [-0.1, -0.05) is 6.08 Å². The van der Waals surface area contributed by atoms with Crippen molar-refractivity contribution in [2.75, 3.05) is 6.61 Å². The normalized spacial score (nSPS) is 24.3. The maximum absolute atomic E-state index is 12.0. The molecule has 0 aromatic carbocycles. The van der Waals surface area contributed by atoms with Crippen LogP contribution in [0, 0.1) is 0 Å². The number of hydrogen-bond acceptors (Lipinski definition) is 3. The lowest BCUT2D eigenvalue weighted by atomic mass is 10.2. The Morgan fingerprint density at radius 1 is 1.56 bits per heavy atom. The van der Waals surface area contributed by atoms with Gasteiger partial charge in [0.2, 0.25) is 0 Å². The van der Waals surface area contributed by atoms with E-state index in [-0.39, 0.29) is 12.1 Å². The van der Waals surface area contributed by atoms with E-state index in [0.29, 0.717) is 6.61 Å². The second-order valence-electron chi connectivity index (χ2n) is 5.41. The number of rotatable bonds is 1. The van der Waals surface area contributed by atoms with Crippen LogP contribution in [0.4, 0.5) is 4.79 Å². The third-order valence-electron chi connectivity index (χ3n) is 2.38. The molecule has 0 aromatic heterocycles.